The summed E-state index contributed by atoms with van der Waals surface area (Å²) in [5, 5.41) is 2.72. The molecular formula is C20H15BrFN3O3. The molecule has 8 heteroatoms. The van der Waals surface area contributed by atoms with Gasteiger partial charge in [-0.25, -0.2) is 4.39 Å². The summed E-state index contributed by atoms with van der Waals surface area (Å²) < 4.78 is 19.5. The van der Waals surface area contributed by atoms with Crippen molar-refractivity contribution in [2.75, 3.05) is 5.32 Å². The summed E-state index contributed by atoms with van der Waals surface area (Å²) >= 11 is 3.05. The van der Waals surface area contributed by atoms with Crippen molar-refractivity contribution in [1.82, 2.24) is 4.98 Å². The van der Waals surface area contributed by atoms with Gasteiger partial charge in [0.05, 0.1) is 16.2 Å². The number of benzene rings is 2. The van der Waals surface area contributed by atoms with E-state index in [0.29, 0.717) is 11.4 Å². The van der Waals surface area contributed by atoms with Gasteiger partial charge in [-0.3, -0.25) is 14.6 Å². The Morgan fingerprint density at radius 3 is 2.68 bits per heavy atom. The molecule has 0 saturated carbocycles. The minimum atomic E-state index is -0.591. The van der Waals surface area contributed by atoms with E-state index in [-0.39, 0.29) is 22.2 Å². The van der Waals surface area contributed by atoms with Crippen molar-refractivity contribution in [1.29, 1.82) is 0 Å². The Kier molecular flexibility index (Phi) is 6.00. The maximum atomic E-state index is 13.6. The summed E-state index contributed by atoms with van der Waals surface area (Å²) in [7, 11) is 0. The minimum absolute atomic E-state index is 0.195. The largest absolute Gasteiger partial charge is 0.487 e. The number of hydrogen-bond donors (Lipinski definition) is 2. The molecule has 0 aliphatic heterocycles. The van der Waals surface area contributed by atoms with Gasteiger partial charge in [-0.05, 0) is 57.9 Å². The molecular weight excluding hydrogens is 429 g/mol. The molecule has 0 saturated heterocycles. The minimum Gasteiger partial charge on any atom is -0.487 e. The number of aromatic nitrogens is 1. The van der Waals surface area contributed by atoms with Gasteiger partial charge in [-0.15, -0.1) is 0 Å². The Morgan fingerprint density at radius 1 is 1.11 bits per heavy atom. The molecule has 142 valence electrons. The first-order valence-corrected chi connectivity index (χ1v) is 8.94. The van der Waals surface area contributed by atoms with E-state index >= 15 is 0 Å². The summed E-state index contributed by atoms with van der Waals surface area (Å²) in [5.74, 6) is -1.13. The number of halogens is 2. The lowest BCUT2D eigenvalue weighted by atomic mass is 10.1. The smallest absolute Gasteiger partial charge is 0.255 e. The lowest BCUT2D eigenvalue weighted by Gasteiger charge is -2.10. The summed E-state index contributed by atoms with van der Waals surface area (Å²) in [6.45, 7) is 0.195. The Bertz CT molecular complexity index is 1040. The maximum Gasteiger partial charge on any atom is 0.255 e. The van der Waals surface area contributed by atoms with Gasteiger partial charge < -0.3 is 15.8 Å². The summed E-state index contributed by atoms with van der Waals surface area (Å²) in [6, 6.07) is 12.7. The Balaban J connectivity index is 1.66. The molecule has 0 radical (unpaired) electrons. The van der Waals surface area contributed by atoms with Crippen molar-refractivity contribution in [3.8, 4) is 5.75 Å². The van der Waals surface area contributed by atoms with Crippen LogP contribution in [0.4, 0.5) is 10.1 Å². The Labute approximate surface area is 168 Å². The van der Waals surface area contributed by atoms with Gasteiger partial charge in [-0.1, -0.05) is 12.1 Å². The number of hydrogen-bond acceptors (Lipinski definition) is 4. The lowest BCUT2D eigenvalue weighted by Crippen LogP contribution is -2.12. The van der Waals surface area contributed by atoms with Gasteiger partial charge >= 0.3 is 0 Å². The SMILES string of the molecule is NC(=O)c1cncc(OCc2cccc(NC(=O)c3ccc(Br)c(F)c3)c2)c1. The van der Waals surface area contributed by atoms with Gasteiger partial charge in [0.25, 0.3) is 5.91 Å². The predicted molar refractivity (Wildman–Crippen MR) is 106 cm³/mol. The number of pyridine rings is 1. The molecule has 0 aliphatic carbocycles. The average molecular weight is 444 g/mol. The van der Waals surface area contributed by atoms with E-state index in [2.05, 4.69) is 26.2 Å². The van der Waals surface area contributed by atoms with Crippen LogP contribution in [0.15, 0.2) is 65.4 Å². The third-order valence-corrected chi connectivity index (χ3v) is 4.41. The fraction of sp³-hybridized carbons (Fsp3) is 0.0500. The highest BCUT2D eigenvalue weighted by Gasteiger charge is 2.10. The van der Waals surface area contributed by atoms with Crippen LogP contribution in [0.5, 0.6) is 5.75 Å². The van der Waals surface area contributed by atoms with Crippen molar-refractivity contribution in [2.24, 2.45) is 5.73 Å². The van der Waals surface area contributed by atoms with Crippen molar-refractivity contribution in [3.63, 3.8) is 0 Å². The van der Waals surface area contributed by atoms with Crippen molar-refractivity contribution in [2.45, 2.75) is 6.61 Å². The van der Waals surface area contributed by atoms with Crippen molar-refractivity contribution < 1.29 is 18.7 Å². The quantitative estimate of drug-likeness (QED) is 0.603. The molecule has 0 bridgehead atoms. The predicted octanol–water partition coefficient (Wildman–Crippen LogP) is 3.91. The molecule has 0 aliphatic rings. The highest BCUT2D eigenvalue weighted by atomic mass is 79.9. The van der Waals surface area contributed by atoms with E-state index < -0.39 is 17.6 Å². The summed E-state index contributed by atoms with van der Waals surface area (Å²) in [5.41, 5.74) is 7.00. The second kappa shape index (κ2) is 8.62. The molecule has 0 fully saturated rings. The number of amides is 2. The summed E-state index contributed by atoms with van der Waals surface area (Å²) in [4.78, 5) is 27.4. The number of carbonyl (C=O) groups is 2. The molecule has 3 rings (SSSR count). The average Bonchev–Trinajstić information content (AvgIpc) is 2.69. The second-order valence-corrected chi connectivity index (χ2v) is 6.70. The van der Waals surface area contributed by atoms with Crippen LogP contribution in [-0.2, 0) is 6.61 Å². The molecule has 1 heterocycles. The fourth-order valence-corrected chi connectivity index (χ4v) is 2.63. The van der Waals surface area contributed by atoms with Gasteiger partial charge in [0, 0.05) is 17.4 Å². The molecule has 2 aromatic carbocycles. The number of nitrogens with two attached hydrogens (primary N) is 1. The molecule has 28 heavy (non-hydrogen) atoms. The highest BCUT2D eigenvalue weighted by molar-refractivity contribution is 9.10. The fourth-order valence-electron chi connectivity index (χ4n) is 2.38. The standard InChI is InChI=1S/C20H15BrFN3O3/c21-17-5-4-13(8-18(17)22)20(27)25-15-3-1-2-12(6-15)11-28-16-7-14(19(23)26)9-24-10-16/h1-10H,11H2,(H2,23,26)(H,25,27). The normalized spacial score (nSPS) is 10.4. The molecule has 0 unspecified atom stereocenters. The number of anilines is 1. The van der Waals surface area contributed by atoms with E-state index in [1.54, 1.807) is 18.2 Å². The van der Waals surface area contributed by atoms with Crippen LogP contribution in [0.25, 0.3) is 0 Å². The van der Waals surface area contributed by atoms with Crippen molar-refractivity contribution >= 4 is 33.4 Å². The Hall–Kier alpha value is -3.26. The highest BCUT2D eigenvalue weighted by Crippen LogP contribution is 2.19. The van der Waals surface area contributed by atoms with E-state index in [0.717, 1.165) is 11.6 Å². The zero-order chi connectivity index (χ0) is 20.1. The third kappa shape index (κ3) is 4.92. The van der Waals surface area contributed by atoms with Crippen LogP contribution in [0.1, 0.15) is 26.3 Å². The zero-order valence-electron chi connectivity index (χ0n) is 14.5. The molecule has 6 nitrogen and oxygen atoms in total. The zero-order valence-corrected chi connectivity index (χ0v) is 16.1. The molecule has 2 amide bonds. The lowest BCUT2D eigenvalue weighted by molar-refractivity contribution is 0.0997. The van der Waals surface area contributed by atoms with Crippen LogP contribution in [0, 0.1) is 5.82 Å². The molecule has 0 spiro atoms. The molecule has 1 aromatic heterocycles. The van der Waals surface area contributed by atoms with E-state index in [4.69, 9.17) is 10.5 Å². The first-order chi connectivity index (χ1) is 13.4. The third-order valence-electron chi connectivity index (χ3n) is 3.77. The van der Waals surface area contributed by atoms with Gasteiger partial charge in [0.1, 0.15) is 18.2 Å². The maximum absolute atomic E-state index is 13.6. The second-order valence-electron chi connectivity index (χ2n) is 5.85. The molecule has 3 aromatic rings. The van der Waals surface area contributed by atoms with Gasteiger partial charge in [-0.2, -0.15) is 0 Å². The number of ether oxygens (including phenoxy) is 1. The first-order valence-electron chi connectivity index (χ1n) is 8.15. The van der Waals surface area contributed by atoms with E-state index in [9.17, 15) is 14.0 Å². The summed E-state index contributed by atoms with van der Waals surface area (Å²) in [6.07, 6.45) is 2.83. The number of rotatable bonds is 6. The molecule has 3 N–H and O–H groups in total. The molecule has 0 atom stereocenters. The number of nitrogens with zero attached hydrogens (tertiary/aromatic N) is 1. The van der Waals surface area contributed by atoms with Gasteiger partial charge in [0.15, 0.2) is 0 Å². The monoisotopic (exact) mass is 443 g/mol. The van der Waals surface area contributed by atoms with E-state index in [1.165, 1.54) is 30.6 Å². The number of primary amides is 1. The van der Waals surface area contributed by atoms with Crippen molar-refractivity contribution in [3.05, 3.63) is 87.9 Å². The van der Waals surface area contributed by atoms with Crippen LogP contribution in [0.3, 0.4) is 0 Å². The van der Waals surface area contributed by atoms with Gasteiger partial charge in [0.2, 0.25) is 5.91 Å². The first kappa shape index (κ1) is 19.5. The number of nitrogens with one attached hydrogen (secondary N) is 1. The van der Waals surface area contributed by atoms with Crippen LogP contribution in [0.2, 0.25) is 0 Å². The van der Waals surface area contributed by atoms with E-state index in [1.807, 2.05) is 6.07 Å². The van der Waals surface area contributed by atoms with Crippen LogP contribution in [-0.4, -0.2) is 16.8 Å². The Morgan fingerprint density at radius 2 is 1.93 bits per heavy atom. The van der Waals surface area contributed by atoms with Crippen LogP contribution >= 0.6 is 15.9 Å². The topological polar surface area (TPSA) is 94.3 Å². The van der Waals surface area contributed by atoms with Crippen LogP contribution < -0.4 is 15.8 Å². The number of carbonyl (C=O) groups excluding carboxylic acids is 2.